The molecule has 0 saturated carbocycles. The van der Waals surface area contributed by atoms with Crippen LogP contribution in [0.1, 0.15) is 174 Å². The van der Waals surface area contributed by atoms with E-state index in [1.807, 2.05) is 0 Å². The van der Waals surface area contributed by atoms with Crippen LogP contribution in [0.5, 0.6) is 0 Å². The van der Waals surface area contributed by atoms with Gasteiger partial charge >= 0.3 is 19.8 Å². The lowest BCUT2D eigenvalue weighted by molar-refractivity contribution is -0.161. The summed E-state index contributed by atoms with van der Waals surface area (Å²) in [6.07, 6.45) is 36.8. The first-order valence-electron chi connectivity index (χ1n) is 20.4. The summed E-state index contributed by atoms with van der Waals surface area (Å²) in [5.41, 5.74) is 0. The van der Waals surface area contributed by atoms with Crippen LogP contribution in [0.15, 0.2) is 36.5 Å². The zero-order valence-corrected chi connectivity index (χ0v) is 33.7. The lowest BCUT2D eigenvalue weighted by atomic mass is 10.1. The molecule has 0 aromatic carbocycles. The number of hydrogen-bond donors (Lipinski definition) is 3. The van der Waals surface area contributed by atoms with E-state index in [1.165, 1.54) is 57.8 Å². The van der Waals surface area contributed by atoms with Crippen LogP contribution in [0.25, 0.3) is 0 Å². The molecule has 0 spiro atoms. The number of unbranched alkanes of at least 4 members (excludes halogenated alkanes) is 18. The molecule has 3 atom stereocenters. The van der Waals surface area contributed by atoms with Gasteiger partial charge in [0.25, 0.3) is 0 Å². The van der Waals surface area contributed by atoms with E-state index in [4.69, 9.17) is 19.1 Å². The Balaban J connectivity index is 4.37. The summed E-state index contributed by atoms with van der Waals surface area (Å²) in [5, 5.41) is 18.3. The van der Waals surface area contributed by atoms with E-state index in [0.717, 1.165) is 77.0 Å². The molecule has 0 rings (SSSR count). The summed E-state index contributed by atoms with van der Waals surface area (Å²) in [4.78, 5) is 34.9. The quantitative estimate of drug-likeness (QED) is 0.0240. The van der Waals surface area contributed by atoms with Crippen LogP contribution >= 0.6 is 7.82 Å². The predicted molar refractivity (Wildman–Crippen MR) is 210 cm³/mol. The van der Waals surface area contributed by atoms with Crippen LogP contribution in [0, 0.1) is 0 Å². The Hall–Kier alpha value is -1.81. The lowest BCUT2D eigenvalue weighted by Crippen LogP contribution is -2.29. The largest absolute Gasteiger partial charge is 0.472 e. The van der Waals surface area contributed by atoms with Crippen molar-refractivity contribution < 1.29 is 47.8 Å². The Morgan fingerprint density at radius 1 is 0.577 bits per heavy atom. The van der Waals surface area contributed by atoms with Crippen molar-refractivity contribution >= 4 is 19.8 Å². The minimum absolute atomic E-state index is 0.166. The van der Waals surface area contributed by atoms with Gasteiger partial charge in [0.1, 0.15) is 12.7 Å². The highest BCUT2D eigenvalue weighted by atomic mass is 31.2. The number of esters is 2. The van der Waals surface area contributed by atoms with Crippen molar-refractivity contribution in [3.05, 3.63) is 36.5 Å². The number of phosphoric acid groups is 1. The minimum atomic E-state index is -4.62. The minimum Gasteiger partial charge on any atom is -0.462 e. The van der Waals surface area contributed by atoms with Crippen LogP contribution < -0.4 is 0 Å². The topological polar surface area (TPSA) is 149 Å². The summed E-state index contributed by atoms with van der Waals surface area (Å²) in [7, 11) is -4.62. The average molecular weight is 759 g/mol. The molecule has 52 heavy (non-hydrogen) atoms. The van der Waals surface area contributed by atoms with E-state index in [2.05, 4.69) is 54.8 Å². The molecule has 10 nitrogen and oxygen atoms in total. The monoisotopic (exact) mass is 759 g/mol. The first-order chi connectivity index (χ1) is 25.2. The van der Waals surface area contributed by atoms with Gasteiger partial charge in [-0.3, -0.25) is 18.6 Å². The van der Waals surface area contributed by atoms with Crippen LogP contribution in [0.2, 0.25) is 0 Å². The normalized spacial score (nSPS) is 14.3. The van der Waals surface area contributed by atoms with E-state index in [9.17, 15) is 24.2 Å². The first kappa shape index (κ1) is 50.2. The van der Waals surface area contributed by atoms with E-state index in [0.29, 0.717) is 12.8 Å². The maximum Gasteiger partial charge on any atom is 0.472 e. The molecule has 0 radical (unpaired) electrons. The van der Waals surface area contributed by atoms with Gasteiger partial charge in [-0.15, -0.1) is 0 Å². The summed E-state index contributed by atoms with van der Waals surface area (Å²) < 4.78 is 32.6. The van der Waals surface area contributed by atoms with Gasteiger partial charge in [0, 0.05) is 12.8 Å². The molecule has 0 aliphatic heterocycles. The van der Waals surface area contributed by atoms with E-state index in [-0.39, 0.29) is 19.4 Å². The number of allylic oxidation sites excluding steroid dienone is 6. The fraction of sp³-hybridized carbons (Fsp3) is 0.805. The average Bonchev–Trinajstić information content (AvgIpc) is 3.13. The van der Waals surface area contributed by atoms with Gasteiger partial charge in [0.2, 0.25) is 0 Å². The Morgan fingerprint density at radius 2 is 1.02 bits per heavy atom. The molecule has 304 valence electrons. The third kappa shape index (κ3) is 36.5. The number of aliphatic hydroxyl groups is 2. The number of carbonyl (C=O) groups is 2. The zero-order valence-electron chi connectivity index (χ0n) is 32.8. The molecule has 0 amide bonds. The maximum atomic E-state index is 12.6. The van der Waals surface area contributed by atoms with Crippen molar-refractivity contribution in [3.63, 3.8) is 0 Å². The van der Waals surface area contributed by atoms with Crippen molar-refractivity contribution in [2.24, 2.45) is 0 Å². The van der Waals surface area contributed by atoms with Crippen LogP contribution in [-0.4, -0.2) is 65.7 Å². The van der Waals surface area contributed by atoms with Gasteiger partial charge in [-0.2, -0.15) is 0 Å². The van der Waals surface area contributed by atoms with Crippen molar-refractivity contribution in [2.45, 2.75) is 187 Å². The molecule has 0 bridgehead atoms. The molecule has 0 aromatic rings. The van der Waals surface area contributed by atoms with Gasteiger partial charge < -0.3 is 24.6 Å². The van der Waals surface area contributed by atoms with Crippen molar-refractivity contribution in [1.82, 2.24) is 0 Å². The van der Waals surface area contributed by atoms with E-state index < -0.39 is 51.8 Å². The third-order valence-corrected chi connectivity index (χ3v) is 9.47. The molecule has 0 aliphatic carbocycles. The summed E-state index contributed by atoms with van der Waals surface area (Å²) >= 11 is 0. The Labute approximate surface area is 316 Å². The van der Waals surface area contributed by atoms with Crippen LogP contribution in [0.4, 0.5) is 0 Å². The van der Waals surface area contributed by atoms with Crippen LogP contribution in [-0.2, 0) is 32.7 Å². The van der Waals surface area contributed by atoms with Gasteiger partial charge in [0.15, 0.2) is 6.10 Å². The molecule has 0 heterocycles. The highest BCUT2D eigenvalue weighted by molar-refractivity contribution is 7.47. The maximum absolute atomic E-state index is 12.6. The lowest BCUT2D eigenvalue weighted by Gasteiger charge is -2.20. The number of phosphoric ester groups is 1. The summed E-state index contributed by atoms with van der Waals surface area (Å²) in [6.45, 7) is 2.30. The fourth-order valence-corrected chi connectivity index (χ4v) is 6.09. The molecule has 0 fully saturated rings. The summed E-state index contributed by atoms with van der Waals surface area (Å²) in [6, 6.07) is 0. The Morgan fingerprint density at radius 3 is 1.56 bits per heavy atom. The van der Waals surface area contributed by atoms with Gasteiger partial charge in [0.05, 0.1) is 19.8 Å². The molecule has 11 heteroatoms. The second-order valence-electron chi connectivity index (χ2n) is 13.7. The number of carbonyl (C=O) groups excluding carboxylic acids is 2. The van der Waals surface area contributed by atoms with Crippen molar-refractivity contribution in [2.75, 3.05) is 26.4 Å². The molecular weight excluding hydrogens is 683 g/mol. The zero-order chi connectivity index (χ0) is 38.4. The summed E-state index contributed by atoms with van der Waals surface area (Å²) in [5.74, 6) is -0.951. The standard InChI is InChI=1S/C41H75O10P/c1-3-5-7-9-11-13-15-17-19-21-22-24-26-28-30-32-40(44)48-36-39(37-50-52(46,47)49-35-38(43)34-42)51-41(45)33-31-29-27-25-23-20-18-16-14-12-10-8-6-4-2/h10,12,16-19,38-39,42-43H,3-9,11,13-15,20-37H2,1-2H3,(H,46,47)/b12-10-,18-16-,19-17-. The first-order valence-corrected chi connectivity index (χ1v) is 21.9. The molecule has 0 aromatic heterocycles. The highest BCUT2D eigenvalue weighted by Crippen LogP contribution is 2.43. The number of rotatable bonds is 38. The predicted octanol–water partition coefficient (Wildman–Crippen LogP) is 10.4. The smallest absolute Gasteiger partial charge is 0.462 e. The second kappa shape index (κ2) is 37.5. The molecule has 3 unspecified atom stereocenters. The van der Waals surface area contributed by atoms with Crippen molar-refractivity contribution in [3.8, 4) is 0 Å². The number of aliphatic hydroxyl groups excluding tert-OH is 2. The molecular formula is C41H75O10P. The van der Waals surface area contributed by atoms with Crippen molar-refractivity contribution in [1.29, 1.82) is 0 Å². The van der Waals surface area contributed by atoms with Crippen LogP contribution in [0.3, 0.4) is 0 Å². The van der Waals surface area contributed by atoms with Gasteiger partial charge in [-0.1, -0.05) is 134 Å². The Kier molecular flexibility index (Phi) is 36.2. The third-order valence-electron chi connectivity index (χ3n) is 8.52. The van der Waals surface area contributed by atoms with E-state index >= 15 is 0 Å². The molecule has 0 aliphatic rings. The molecule has 3 N–H and O–H groups in total. The van der Waals surface area contributed by atoms with Gasteiger partial charge in [-0.05, 0) is 64.2 Å². The number of ether oxygens (including phenoxy) is 2. The molecule has 0 saturated heterocycles. The Bertz CT molecular complexity index is 967. The second-order valence-corrected chi connectivity index (χ2v) is 15.1. The van der Waals surface area contributed by atoms with E-state index in [1.54, 1.807) is 0 Å². The highest BCUT2D eigenvalue weighted by Gasteiger charge is 2.27. The van der Waals surface area contributed by atoms with Gasteiger partial charge in [-0.25, -0.2) is 4.57 Å². The SMILES string of the molecule is CCCC/C=C\C/C=C\CCCCCCCC(=O)OC(COC(=O)CCCCCCC/C=C\CCCCCCCC)COP(=O)(O)OCC(O)CO. The number of hydrogen-bond acceptors (Lipinski definition) is 9. The fourth-order valence-electron chi connectivity index (χ4n) is 5.30.